The predicted molar refractivity (Wildman–Crippen MR) is 134 cm³/mol. The Balaban J connectivity index is 1.32. The molecule has 6 nitrogen and oxygen atoms in total. The zero-order valence-corrected chi connectivity index (χ0v) is 22.6. The fourth-order valence-corrected chi connectivity index (χ4v) is 10.8. The minimum Gasteiger partial charge on any atom is -0.458 e. The first-order valence-electron chi connectivity index (χ1n) is 14.4. The molecule has 0 amide bonds. The first-order valence-corrected chi connectivity index (χ1v) is 14.4. The summed E-state index contributed by atoms with van der Waals surface area (Å²) in [5.74, 6) is 2.38. The molecule has 6 rings (SSSR count). The Labute approximate surface area is 215 Å². The van der Waals surface area contributed by atoms with Crippen LogP contribution in [-0.2, 0) is 19.1 Å². The molecule has 1 spiro atoms. The van der Waals surface area contributed by atoms with Gasteiger partial charge in [-0.3, -0.25) is 4.79 Å². The van der Waals surface area contributed by atoms with Crippen molar-refractivity contribution in [3.8, 4) is 0 Å². The SMILES string of the molecule is CC1=C(CO)C(=O)OC(C(C)C2CCC3C4CC5OC56C(O)CCC(=O)C6(C)C4CCC23C(C)C)C1. The average Bonchev–Trinajstić information content (AvgIpc) is 3.44. The molecule has 0 aromatic rings. The van der Waals surface area contributed by atoms with Crippen LogP contribution in [-0.4, -0.2) is 52.5 Å². The average molecular weight is 501 g/mol. The fraction of sp³-hybridized carbons (Fsp3) is 0.867. The lowest BCUT2D eigenvalue weighted by Gasteiger charge is -2.61. The maximum absolute atomic E-state index is 13.5. The van der Waals surface area contributed by atoms with Crippen molar-refractivity contribution in [1.82, 2.24) is 0 Å². The van der Waals surface area contributed by atoms with Gasteiger partial charge in [-0.2, -0.15) is 0 Å². The summed E-state index contributed by atoms with van der Waals surface area (Å²) in [6, 6.07) is 0. The predicted octanol–water partition coefficient (Wildman–Crippen LogP) is 4.21. The van der Waals surface area contributed by atoms with Crippen molar-refractivity contribution in [2.24, 2.45) is 46.3 Å². The van der Waals surface area contributed by atoms with Gasteiger partial charge in [0.1, 0.15) is 17.5 Å². The highest BCUT2D eigenvalue weighted by Crippen LogP contribution is 2.74. The molecule has 0 aromatic carbocycles. The highest BCUT2D eigenvalue weighted by molar-refractivity contribution is 5.90. The minimum absolute atomic E-state index is 0.00595. The Morgan fingerprint density at radius 2 is 1.83 bits per heavy atom. The van der Waals surface area contributed by atoms with Gasteiger partial charge in [-0.25, -0.2) is 4.79 Å². The number of hydrogen-bond donors (Lipinski definition) is 2. The topological polar surface area (TPSA) is 96.4 Å². The molecule has 36 heavy (non-hydrogen) atoms. The quantitative estimate of drug-likeness (QED) is 0.443. The van der Waals surface area contributed by atoms with E-state index in [-0.39, 0.29) is 42.0 Å². The molecular weight excluding hydrogens is 456 g/mol. The molecule has 5 fully saturated rings. The highest BCUT2D eigenvalue weighted by atomic mass is 16.6. The van der Waals surface area contributed by atoms with Gasteiger partial charge < -0.3 is 19.7 Å². The largest absolute Gasteiger partial charge is 0.458 e. The number of rotatable bonds is 4. The van der Waals surface area contributed by atoms with Gasteiger partial charge in [0.2, 0.25) is 0 Å². The monoisotopic (exact) mass is 500 g/mol. The lowest BCUT2D eigenvalue weighted by atomic mass is 9.42. The van der Waals surface area contributed by atoms with E-state index in [0.29, 0.717) is 54.3 Å². The van der Waals surface area contributed by atoms with Crippen LogP contribution in [0.5, 0.6) is 0 Å². The summed E-state index contributed by atoms with van der Waals surface area (Å²) in [5.41, 5.74) is 0.316. The number of aliphatic hydroxyl groups is 2. The van der Waals surface area contributed by atoms with Gasteiger partial charge in [0.15, 0.2) is 0 Å². The number of ketones is 1. The molecule has 2 aliphatic heterocycles. The first-order chi connectivity index (χ1) is 17.0. The summed E-state index contributed by atoms with van der Waals surface area (Å²) < 4.78 is 12.3. The zero-order chi connectivity index (χ0) is 25.8. The molecule has 0 bridgehead atoms. The third-order valence-electron chi connectivity index (χ3n) is 12.6. The van der Waals surface area contributed by atoms with E-state index in [1.165, 1.54) is 0 Å². The lowest BCUT2D eigenvalue weighted by molar-refractivity contribution is -0.171. The number of cyclic esters (lactones) is 1. The molecular formula is C30H44O6. The van der Waals surface area contributed by atoms with Crippen LogP contribution in [0.1, 0.15) is 86.0 Å². The van der Waals surface area contributed by atoms with E-state index in [2.05, 4.69) is 27.7 Å². The summed E-state index contributed by atoms with van der Waals surface area (Å²) in [6.07, 6.45) is 6.36. The maximum Gasteiger partial charge on any atom is 0.336 e. The van der Waals surface area contributed by atoms with Gasteiger partial charge >= 0.3 is 5.97 Å². The molecule has 1 saturated heterocycles. The van der Waals surface area contributed by atoms with Gasteiger partial charge in [-0.05, 0) is 93.3 Å². The molecule has 0 aromatic heterocycles. The molecule has 4 aliphatic carbocycles. The van der Waals surface area contributed by atoms with E-state index >= 15 is 0 Å². The van der Waals surface area contributed by atoms with Crippen LogP contribution in [0.3, 0.4) is 0 Å². The number of hydrogen-bond acceptors (Lipinski definition) is 6. The number of epoxide rings is 1. The smallest absolute Gasteiger partial charge is 0.336 e. The number of esters is 1. The second-order valence-electron chi connectivity index (χ2n) is 13.6. The Morgan fingerprint density at radius 3 is 2.50 bits per heavy atom. The summed E-state index contributed by atoms with van der Waals surface area (Å²) in [7, 11) is 0. The fourth-order valence-electron chi connectivity index (χ4n) is 10.8. The summed E-state index contributed by atoms with van der Waals surface area (Å²) in [6.45, 7) is 10.8. The maximum atomic E-state index is 13.5. The van der Waals surface area contributed by atoms with Gasteiger partial charge in [0.25, 0.3) is 0 Å². The number of aliphatic hydroxyl groups excluding tert-OH is 2. The van der Waals surface area contributed by atoms with E-state index < -0.39 is 17.1 Å². The van der Waals surface area contributed by atoms with E-state index in [4.69, 9.17) is 9.47 Å². The molecule has 11 atom stereocenters. The van der Waals surface area contributed by atoms with Crippen molar-refractivity contribution in [3.05, 3.63) is 11.1 Å². The van der Waals surface area contributed by atoms with Crippen molar-refractivity contribution in [3.63, 3.8) is 0 Å². The molecule has 2 heterocycles. The van der Waals surface area contributed by atoms with Crippen molar-refractivity contribution >= 4 is 11.8 Å². The number of Topliss-reactive ketones (excluding diaryl/α,β-unsaturated/α-hetero) is 1. The number of carbonyl (C=O) groups is 2. The summed E-state index contributed by atoms with van der Waals surface area (Å²) in [4.78, 5) is 26.1. The number of fused-ring (bicyclic) bond motifs is 4. The van der Waals surface area contributed by atoms with E-state index in [1.807, 2.05) is 6.92 Å². The molecule has 11 unspecified atom stereocenters. The van der Waals surface area contributed by atoms with Crippen molar-refractivity contribution in [2.45, 2.75) is 110 Å². The van der Waals surface area contributed by atoms with Gasteiger partial charge in [0, 0.05) is 12.8 Å². The van der Waals surface area contributed by atoms with Crippen LogP contribution < -0.4 is 0 Å². The summed E-state index contributed by atoms with van der Waals surface area (Å²) in [5, 5.41) is 20.6. The molecule has 6 heteroatoms. The normalized spacial score (nSPS) is 50.7. The number of ether oxygens (including phenoxy) is 2. The van der Waals surface area contributed by atoms with Gasteiger partial charge in [0.05, 0.1) is 29.8 Å². The Bertz CT molecular complexity index is 1000. The lowest BCUT2D eigenvalue weighted by Crippen LogP contribution is -2.65. The molecule has 2 N–H and O–H groups in total. The van der Waals surface area contributed by atoms with Crippen molar-refractivity contribution in [2.75, 3.05) is 6.61 Å². The van der Waals surface area contributed by atoms with Crippen LogP contribution >= 0.6 is 0 Å². The third-order valence-corrected chi connectivity index (χ3v) is 12.6. The minimum atomic E-state index is -0.642. The molecule has 6 aliphatic rings. The van der Waals surface area contributed by atoms with Crippen LogP contribution in [0.25, 0.3) is 0 Å². The van der Waals surface area contributed by atoms with Crippen LogP contribution in [0.15, 0.2) is 11.1 Å². The van der Waals surface area contributed by atoms with Crippen molar-refractivity contribution < 1.29 is 29.3 Å². The zero-order valence-electron chi connectivity index (χ0n) is 22.6. The molecule has 0 radical (unpaired) electrons. The Morgan fingerprint density at radius 1 is 1.08 bits per heavy atom. The third kappa shape index (κ3) is 2.90. The van der Waals surface area contributed by atoms with Crippen LogP contribution in [0, 0.1) is 46.3 Å². The van der Waals surface area contributed by atoms with Crippen LogP contribution in [0.4, 0.5) is 0 Å². The van der Waals surface area contributed by atoms with Crippen molar-refractivity contribution in [1.29, 1.82) is 0 Å². The van der Waals surface area contributed by atoms with Gasteiger partial charge in [-0.1, -0.05) is 26.3 Å². The summed E-state index contributed by atoms with van der Waals surface area (Å²) >= 11 is 0. The molecule has 4 saturated carbocycles. The van der Waals surface area contributed by atoms with E-state index in [9.17, 15) is 19.8 Å². The Hall–Kier alpha value is -1.24. The Kier molecular flexibility index (Phi) is 5.66. The van der Waals surface area contributed by atoms with E-state index in [1.54, 1.807) is 0 Å². The van der Waals surface area contributed by atoms with E-state index in [0.717, 1.165) is 37.7 Å². The highest BCUT2D eigenvalue weighted by Gasteiger charge is 2.81. The first kappa shape index (κ1) is 25.1. The standard InChI is InChI=1S/C30H44O6/c1-15(2)29-11-10-21-18(13-26-30(36-26)25(33)9-8-24(32)28(21,30)5)22(29)7-6-20(29)17(4)23-12-16(3)19(14-31)27(34)35-23/h15,17-18,20-23,25-26,31,33H,6-14H2,1-5H3. The van der Waals surface area contributed by atoms with Crippen LogP contribution in [0.2, 0.25) is 0 Å². The van der Waals surface area contributed by atoms with Gasteiger partial charge in [-0.15, -0.1) is 0 Å². The number of carbonyl (C=O) groups excluding carboxylic acids is 2. The second-order valence-corrected chi connectivity index (χ2v) is 13.6. The molecule has 200 valence electrons. The second kappa shape index (κ2) is 8.13.